The zero-order valence-electron chi connectivity index (χ0n) is 12.1. The maximum absolute atomic E-state index is 10.9. The molecule has 0 saturated carbocycles. The molecule has 0 spiro atoms. The van der Waals surface area contributed by atoms with E-state index < -0.39 is 5.97 Å². The summed E-state index contributed by atoms with van der Waals surface area (Å²) in [7, 11) is 0. The van der Waals surface area contributed by atoms with E-state index in [1.54, 1.807) is 6.92 Å². The van der Waals surface area contributed by atoms with Crippen LogP contribution in [-0.2, 0) is 4.79 Å². The van der Waals surface area contributed by atoms with Crippen LogP contribution in [0.15, 0.2) is 0 Å². The molecule has 1 aliphatic rings. The SMILES string of the molecule is CC(CN(CCCO)CCN1CCCCC1)C(=O)O. The van der Waals surface area contributed by atoms with Crippen molar-refractivity contribution in [2.75, 3.05) is 45.9 Å². The summed E-state index contributed by atoms with van der Waals surface area (Å²) in [4.78, 5) is 15.6. The summed E-state index contributed by atoms with van der Waals surface area (Å²) in [5, 5.41) is 17.9. The molecule has 0 aromatic rings. The first kappa shape index (κ1) is 16.4. The molecule has 1 rings (SSSR count). The molecule has 1 fully saturated rings. The van der Waals surface area contributed by atoms with Crippen molar-refractivity contribution < 1.29 is 15.0 Å². The van der Waals surface area contributed by atoms with Crippen molar-refractivity contribution in [3.8, 4) is 0 Å². The first-order chi connectivity index (χ1) is 9.13. The van der Waals surface area contributed by atoms with Crippen LogP contribution in [0.5, 0.6) is 0 Å². The minimum Gasteiger partial charge on any atom is -0.481 e. The Labute approximate surface area is 116 Å². The van der Waals surface area contributed by atoms with Gasteiger partial charge >= 0.3 is 5.97 Å². The Morgan fingerprint density at radius 1 is 1.26 bits per heavy atom. The normalized spacial score (nSPS) is 18.7. The van der Waals surface area contributed by atoms with Gasteiger partial charge < -0.3 is 20.0 Å². The van der Waals surface area contributed by atoms with Crippen LogP contribution in [0, 0.1) is 5.92 Å². The minimum atomic E-state index is -0.744. The molecule has 1 aliphatic heterocycles. The molecule has 0 aromatic heterocycles. The number of hydrogen-bond acceptors (Lipinski definition) is 4. The molecule has 1 heterocycles. The fourth-order valence-electron chi connectivity index (χ4n) is 2.52. The van der Waals surface area contributed by atoms with Gasteiger partial charge in [0.25, 0.3) is 0 Å². The number of nitrogens with zero attached hydrogens (tertiary/aromatic N) is 2. The zero-order chi connectivity index (χ0) is 14.1. The number of aliphatic hydroxyl groups excluding tert-OH is 1. The minimum absolute atomic E-state index is 0.168. The summed E-state index contributed by atoms with van der Waals surface area (Å²) in [6, 6.07) is 0. The van der Waals surface area contributed by atoms with Gasteiger partial charge in [0.2, 0.25) is 0 Å². The number of likely N-dealkylation sites (tertiary alicyclic amines) is 1. The van der Waals surface area contributed by atoms with Gasteiger partial charge in [-0.1, -0.05) is 13.3 Å². The Bertz CT molecular complexity index is 255. The van der Waals surface area contributed by atoms with E-state index in [2.05, 4.69) is 9.80 Å². The Balaban J connectivity index is 2.32. The van der Waals surface area contributed by atoms with Gasteiger partial charge in [-0.05, 0) is 32.4 Å². The smallest absolute Gasteiger partial charge is 0.307 e. The number of piperidine rings is 1. The van der Waals surface area contributed by atoms with Gasteiger partial charge in [0.05, 0.1) is 5.92 Å². The molecule has 1 atom stereocenters. The summed E-state index contributed by atoms with van der Waals surface area (Å²) in [5.74, 6) is -1.09. The maximum Gasteiger partial charge on any atom is 0.307 e. The molecule has 0 aromatic carbocycles. The summed E-state index contributed by atoms with van der Waals surface area (Å²) in [6.45, 7) is 7.52. The Morgan fingerprint density at radius 2 is 1.95 bits per heavy atom. The van der Waals surface area contributed by atoms with Crippen molar-refractivity contribution in [2.45, 2.75) is 32.6 Å². The summed E-state index contributed by atoms with van der Waals surface area (Å²) in [5.41, 5.74) is 0. The molecule has 1 unspecified atom stereocenters. The zero-order valence-corrected chi connectivity index (χ0v) is 12.1. The van der Waals surface area contributed by atoms with Crippen LogP contribution in [0.1, 0.15) is 32.6 Å². The number of aliphatic hydroxyl groups is 1. The topological polar surface area (TPSA) is 64.0 Å². The third-order valence-corrected chi connectivity index (χ3v) is 3.77. The van der Waals surface area contributed by atoms with E-state index in [0.717, 1.165) is 19.6 Å². The van der Waals surface area contributed by atoms with E-state index in [-0.39, 0.29) is 12.5 Å². The molecule has 112 valence electrons. The maximum atomic E-state index is 10.9. The fraction of sp³-hybridized carbons (Fsp3) is 0.929. The highest BCUT2D eigenvalue weighted by molar-refractivity contribution is 5.69. The lowest BCUT2D eigenvalue weighted by molar-refractivity contribution is -0.141. The molecule has 1 saturated heterocycles. The quantitative estimate of drug-likeness (QED) is 0.652. The molecule has 0 bridgehead atoms. The van der Waals surface area contributed by atoms with E-state index in [1.165, 1.54) is 32.4 Å². The van der Waals surface area contributed by atoms with Crippen molar-refractivity contribution in [3.05, 3.63) is 0 Å². The molecular weight excluding hydrogens is 244 g/mol. The highest BCUT2D eigenvalue weighted by Crippen LogP contribution is 2.09. The molecule has 0 amide bonds. The largest absolute Gasteiger partial charge is 0.481 e. The van der Waals surface area contributed by atoms with Crippen LogP contribution in [-0.4, -0.2) is 71.9 Å². The van der Waals surface area contributed by atoms with Crippen LogP contribution >= 0.6 is 0 Å². The summed E-state index contributed by atoms with van der Waals surface area (Å²) in [6.07, 6.45) is 4.61. The van der Waals surface area contributed by atoms with E-state index >= 15 is 0 Å². The van der Waals surface area contributed by atoms with Crippen LogP contribution in [0.25, 0.3) is 0 Å². The molecular formula is C14H28N2O3. The highest BCUT2D eigenvalue weighted by atomic mass is 16.4. The molecule has 19 heavy (non-hydrogen) atoms. The van der Waals surface area contributed by atoms with Gasteiger partial charge in [-0.25, -0.2) is 0 Å². The third kappa shape index (κ3) is 6.89. The van der Waals surface area contributed by atoms with Crippen molar-refractivity contribution in [2.24, 2.45) is 5.92 Å². The van der Waals surface area contributed by atoms with E-state index in [9.17, 15) is 4.79 Å². The first-order valence-electron chi connectivity index (χ1n) is 7.42. The van der Waals surface area contributed by atoms with Gasteiger partial charge in [0.1, 0.15) is 0 Å². The average molecular weight is 272 g/mol. The van der Waals surface area contributed by atoms with E-state index in [4.69, 9.17) is 10.2 Å². The summed E-state index contributed by atoms with van der Waals surface area (Å²) < 4.78 is 0. The number of carboxylic acid groups (broad SMARTS) is 1. The van der Waals surface area contributed by atoms with Gasteiger partial charge in [-0.2, -0.15) is 0 Å². The second-order valence-electron chi connectivity index (χ2n) is 5.52. The molecule has 2 N–H and O–H groups in total. The van der Waals surface area contributed by atoms with Gasteiger partial charge in [-0.3, -0.25) is 4.79 Å². The van der Waals surface area contributed by atoms with Crippen LogP contribution in [0.3, 0.4) is 0 Å². The number of aliphatic carboxylic acids is 1. The molecule has 5 heteroatoms. The van der Waals surface area contributed by atoms with Gasteiger partial charge in [0.15, 0.2) is 0 Å². The lowest BCUT2D eigenvalue weighted by Crippen LogP contribution is -2.40. The third-order valence-electron chi connectivity index (χ3n) is 3.77. The lowest BCUT2D eigenvalue weighted by atomic mass is 10.1. The lowest BCUT2D eigenvalue weighted by Gasteiger charge is -2.30. The monoisotopic (exact) mass is 272 g/mol. The van der Waals surface area contributed by atoms with Crippen molar-refractivity contribution >= 4 is 5.97 Å². The standard InChI is InChI=1S/C14H28N2O3/c1-13(14(18)19)12-16(8-5-11-17)10-9-15-6-3-2-4-7-15/h13,17H,2-12H2,1H3,(H,18,19). The van der Waals surface area contributed by atoms with Crippen molar-refractivity contribution in [3.63, 3.8) is 0 Å². The van der Waals surface area contributed by atoms with Crippen LogP contribution in [0.2, 0.25) is 0 Å². The van der Waals surface area contributed by atoms with E-state index in [1.807, 2.05) is 0 Å². The molecule has 0 aliphatic carbocycles. The number of rotatable bonds is 9. The van der Waals surface area contributed by atoms with Gasteiger partial charge in [-0.15, -0.1) is 0 Å². The van der Waals surface area contributed by atoms with Crippen molar-refractivity contribution in [1.29, 1.82) is 0 Å². The highest BCUT2D eigenvalue weighted by Gasteiger charge is 2.17. The van der Waals surface area contributed by atoms with Gasteiger partial charge in [0, 0.05) is 32.8 Å². The Kier molecular flexibility index (Phi) is 8.02. The number of carbonyl (C=O) groups is 1. The average Bonchev–Trinajstić information content (AvgIpc) is 2.42. The van der Waals surface area contributed by atoms with Crippen LogP contribution in [0.4, 0.5) is 0 Å². The number of hydrogen-bond donors (Lipinski definition) is 2. The Hall–Kier alpha value is -0.650. The fourth-order valence-corrected chi connectivity index (χ4v) is 2.52. The Morgan fingerprint density at radius 3 is 2.53 bits per heavy atom. The molecule has 0 radical (unpaired) electrons. The van der Waals surface area contributed by atoms with Crippen molar-refractivity contribution in [1.82, 2.24) is 9.80 Å². The second kappa shape index (κ2) is 9.28. The second-order valence-corrected chi connectivity index (χ2v) is 5.52. The number of carboxylic acids is 1. The predicted molar refractivity (Wildman–Crippen MR) is 75.2 cm³/mol. The first-order valence-corrected chi connectivity index (χ1v) is 7.42. The summed E-state index contributed by atoms with van der Waals surface area (Å²) >= 11 is 0. The predicted octanol–water partition coefficient (Wildman–Crippen LogP) is 0.877. The van der Waals surface area contributed by atoms with Crippen LogP contribution < -0.4 is 0 Å². The molecule has 5 nitrogen and oxygen atoms in total. The van der Waals surface area contributed by atoms with E-state index in [0.29, 0.717) is 13.0 Å².